The summed E-state index contributed by atoms with van der Waals surface area (Å²) in [5, 5.41) is 2.94. The second-order valence-electron chi connectivity index (χ2n) is 5.38. The van der Waals surface area contributed by atoms with Crippen LogP contribution in [0, 0.1) is 5.82 Å². The smallest absolute Gasteiger partial charge is 0.228 e. The summed E-state index contributed by atoms with van der Waals surface area (Å²) in [4.78, 5) is 12.5. The summed E-state index contributed by atoms with van der Waals surface area (Å²) in [7, 11) is 1.66. The van der Waals surface area contributed by atoms with Crippen LogP contribution < -0.4 is 5.32 Å². The lowest BCUT2D eigenvalue weighted by atomic mass is 9.93. The van der Waals surface area contributed by atoms with Crippen LogP contribution in [0.25, 0.3) is 0 Å². The second-order valence-corrected chi connectivity index (χ2v) is 5.38. The second kappa shape index (κ2) is 9.10. The Bertz CT molecular complexity index is 581. The van der Waals surface area contributed by atoms with Crippen molar-refractivity contribution in [3.05, 3.63) is 59.8 Å². The van der Waals surface area contributed by atoms with E-state index < -0.39 is 5.92 Å². The van der Waals surface area contributed by atoms with Crippen molar-refractivity contribution < 1.29 is 18.3 Å². The number of furan rings is 1. The monoisotopic (exact) mass is 319 g/mol. The molecular formula is C18H22FNO3. The van der Waals surface area contributed by atoms with Crippen LogP contribution in [0.2, 0.25) is 0 Å². The average Bonchev–Trinajstić information content (AvgIpc) is 3.06. The van der Waals surface area contributed by atoms with Crippen LogP contribution >= 0.6 is 0 Å². The fraction of sp³-hybridized carbons (Fsp3) is 0.389. The molecule has 5 heteroatoms. The molecule has 0 spiro atoms. The van der Waals surface area contributed by atoms with E-state index in [4.69, 9.17) is 9.15 Å². The van der Waals surface area contributed by atoms with Gasteiger partial charge in [0.25, 0.3) is 0 Å². The molecule has 0 aliphatic rings. The zero-order valence-electron chi connectivity index (χ0n) is 13.3. The lowest BCUT2D eigenvalue weighted by Crippen LogP contribution is -2.31. The summed E-state index contributed by atoms with van der Waals surface area (Å²) >= 11 is 0. The van der Waals surface area contributed by atoms with Gasteiger partial charge in [-0.15, -0.1) is 0 Å². The minimum atomic E-state index is -0.399. The molecule has 1 atom stereocenters. The minimum Gasteiger partial charge on any atom is -0.469 e. The standard InChI is InChI=1S/C18H22FNO3/c1-22-11-3-2-10-20-18(21)17(13-16-5-4-12-23-16)14-6-8-15(19)9-7-14/h4-9,12,17H,2-3,10-11,13H2,1H3,(H,20,21). The molecule has 1 unspecified atom stereocenters. The largest absolute Gasteiger partial charge is 0.469 e. The number of methoxy groups -OCH3 is 1. The number of hydrogen-bond donors (Lipinski definition) is 1. The van der Waals surface area contributed by atoms with Crippen LogP contribution in [0.5, 0.6) is 0 Å². The first-order valence-corrected chi connectivity index (χ1v) is 7.75. The zero-order valence-corrected chi connectivity index (χ0v) is 13.3. The first kappa shape index (κ1) is 17.2. The predicted molar refractivity (Wildman–Crippen MR) is 85.7 cm³/mol. The highest BCUT2D eigenvalue weighted by atomic mass is 19.1. The van der Waals surface area contributed by atoms with E-state index in [9.17, 15) is 9.18 Å². The van der Waals surface area contributed by atoms with Gasteiger partial charge in [-0.3, -0.25) is 4.79 Å². The molecule has 1 aromatic heterocycles. The molecule has 0 aliphatic heterocycles. The van der Waals surface area contributed by atoms with E-state index in [1.165, 1.54) is 12.1 Å². The van der Waals surface area contributed by atoms with Crippen molar-refractivity contribution in [3.8, 4) is 0 Å². The van der Waals surface area contributed by atoms with Crippen LogP contribution in [0.1, 0.15) is 30.1 Å². The molecule has 0 aliphatic carbocycles. The normalized spacial score (nSPS) is 12.1. The van der Waals surface area contributed by atoms with Crippen molar-refractivity contribution in [1.29, 1.82) is 0 Å². The quantitative estimate of drug-likeness (QED) is 0.722. The number of carbonyl (C=O) groups is 1. The van der Waals surface area contributed by atoms with E-state index in [1.54, 1.807) is 31.6 Å². The van der Waals surface area contributed by atoms with Gasteiger partial charge in [-0.25, -0.2) is 4.39 Å². The van der Waals surface area contributed by atoms with E-state index in [1.807, 2.05) is 6.07 Å². The van der Waals surface area contributed by atoms with Gasteiger partial charge < -0.3 is 14.5 Å². The number of rotatable bonds is 9. The van der Waals surface area contributed by atoms with Gasteiger partial charge in [0.2, 0.25) is 5.91 Å². The first-order chi connectivity index (χ1) is 11.2. The number of benzene rings is 1. The fourth-order valence-electron chi connectivity index (χ4n) is 2.39. The minimum absolute atomic E-state index is 0.0783. The number of unbranched alkanes of at least 4 members (excludes halogenated alkanes) is 1. The summed E-state index contributed by atoms with van der Waals surface area (Å²) in [6.07, 6.45) is 3.79. The highest BCUT2D eigenvalue weighted by Crippen LogP contribution is 2.22. The number of ether oxygens (including phenoxy) is 1. The van der Waals surface area contributed by atoms with Gasteiger partial charge in [0.1, 0.15) is 11.6 Å². The van der Waals surface area contributed by atoms with E-state index in [2.05, 4.69) is 5.32 Å². The van der Waals surface area contributed by atoms with Crippen molar-refractivity contribution >= 4 is 5.91 Å². The maximum Gasteiger partial charge on any atom is 0.228 e. The Morgan fingerprint density at radius 2 is 2.04 bits per heavy atom. The molecule has 0 radical (unpaired) electrons. The number of carbonyl (C=O) groups excluding carboxylic acids is 1. The molecule has 124 valence electrons. The Morgan fingerprint density at radius 1 is 1.26 bits per heavy atom. The van der Waals surface area contributed by atoms with Crippen molar-refractivity contribution in [3.63, 3.8) is 0 Å². The number of nitrogens with one attached hydrogen (secondary N) is 1. The summed E-state index contributed by atoms with van der Waals surface area (Å²) in [5.74, 6) is -0.0612. The topological polar surface area (TPSA) is 51.5 Å². The molecule has 1 heterocycles. The zero-order chi connectivity index (χ0) is 16.5. The van der Waals surface area contributed by atoms with E-state index in [-0.39, 0.29) is 11.7 Å². The number of hydrogen-bond acceptors (Lipinski definition) is 3. The van der Waals surface area contributed by atoms with Crippen LogP contribution in [0.15, 0.2) is 47.1 Å². The average molecular weight is 319 g/mol. The Kier molecular flexibility index (Phi) is 6.81. The van der Waals surface area contributed by atoms with Crippen LogP contribution in [0.3, 0.4) is 0 Å². The van der Waals surface area contributed by atoms with Crippen LogP contribution in [-0.4, -0.2) is 26.2 Å². The third-order valence-corrected chi connectivity index (χ3v) is 3.65. The van der Waals surface area contributed by atoms with Gasteiger partial charge in [-0.1, -0.05) is 12.1 Å². The Morgan fingerprint density at radius 3 is 2.70 bits per heavy atom. The summed E-state index contributed by atoms with van der Waals surface area (Å²) < 4.78 is 23.5. The Balaban J connectivity index is 2.00. The molecule has 1 N–H and O–H groups in total. The number of amides is 1. The Hall–Kier alpha value is -2.14. The lowest BCUT2D eigenvalue weighted by molar-refractivity contribution is -0.122. The van der Waals surface area contributed by atoms with Gasteiger partial charge in [0.15, 0.2) is 0 Å². The number of halogens is 1. The first-order valence-electron chi connectivity index (χ1n) is 7.75. The maximum atomic E-state index is 13.1. The Labute approximate surface area is 135 Å². The van der Waals surface area contributed by atoms with Crippen molar-refractivity contribution in [1.82, 2.24) is 5.32 Å². The predicted octanol–water partition coefficient (Wildman–Crippen LogP) is 3.29. The molecule has 0 saturated carbocycles. The molecule has 0 saturated heterocycles. The van der Waals surface area contributed by atoms with Crippen molar-refractivity contribution in [2.24, 2.45) is 0 Å². The van der Waals surface area contributed by atoms with E-state index in [0.29, 0.717) is 19.6 Å². The van der Waals surface area contributed by atoms with Gasteiger partial charge in [-0.2, -0.15) is 0 Å². The van der Waals surface area contributed by atoms with Gasteiger partial charge in [-0.05, 0) is 42.7 Å². The molecular weight excluding hydrogens is 297 g/mol. The fourth-order valence-corrected chi connectivity index (χ4v) is 2.39. The van der Waals surface area contributed by atoms with Gasteiger partial charge in [0, 0.05) is 26.7 Å². The lowest BCUT2D eigenvalue weighted by Gasteiger charge is -2.16. The SMILES string of the molecule is COCCCCNC(=O)C(Cc1ccco1)c1ccc(F)cc1. The molecule has 23 heavy (non-hydrogen) atoms. The van der Waals surface area contributed by atoms with Crippen LogP contribution in [0.4, 0.5) is 4.39 Å². The summed E-state index contributed by atoms with van der Waals surface area (Å²) in [5.41, 5.74) is 0.775. The molecule has 0 fully saturated rings. The van der Waals surface area contributed by atoms with Crippen molar-refractivity contribution in [2.75, 3.05) is 20.3 Å². The highest BCUT2D eigenvalue weighted by molar-refractivity contribution is 5.83. The summed E-state index contributed by atoms with van der Waals surface area (Å²) in [6, 6.07) is 9.66. The molecule has 2 aromatic rings. The van der Waals surface area contributed by atoms with Crippen molar-refractivity contribution in [2.45, 2.75) is 25.2 Å². The third kappa shape index (κ3) is 5.53. The van der Waals surface area contributed by atoms with Gasteiger partial charge >= 0.3 is 0 Å². The molecule has 2 rings (SSSR count). The van der Waals surface area contributed by atoms with E-state index in [0.717, 1.165) is 24.2 Å². The molecule has 1 aromatic carbocycles. The molecule has 1 amide bonds. The van der Waals surface area contributed by atoms with Crippen LogP contribution in [-0.2, 0) is 16.0 Å². The molecule has 0 bridgehead atoms. The third-order valence-electron chi connectivity index (χ3n) is 3.65. The maximum absolute atomic E-state index is 13.1. The van der Waals surface area contributed by atoms with Gasteiger partial charge in [0.05, 0.1) is 12.2 Å². The summed E-state index contributed by atoms with van der Waals surface area (Å²) in [6.45, 7) is 1.28. The van der Waals surface area contributed by atoms with E-state index >= 15 is 0 Å². The highest BCUT2D eigenvalue weighted by Gasteiger charge is 2.22. The molecule has 4 nitrogen and oxygen atoms in total.